The Hall–Kier alpha value is -4.09. The van der Waals surface area contributed by atoms with E-state index in [0.29, 0.717) is 16.5 Å². The van der Waals surface area contributed by atoms with Gasteiger partial charge in [0.05, 0.1) is 16.2 Å². The highest BCUT2D eigenvalue weighted by atomic mass is 79.9. The molecule has 1 amide bonds. The number of amides is 1. The van der Waals surface area contributed by atoms with Gasteiger partial charge in [0.25, 0.3) is 11.6 Å². The van der Waals surface area contributed by atoms with E-state index in [1.807, 2.05) is 59.2 Å². The van der Waals surface area contributed by atoms with Crippen molar-refractivity contribution in [3.8, 4) is 17.1 Å². The van der Waals surface area contributed by atoms with Crippen molar-refractivity contribution in [2.75, 3.05) is 5.75 Å². The van der Waals surface area contributed by atoms with Crippen LogP contribution in [0.1, 0.15) is 5.56 Å². The Morgan fingerprint density at radius 3 is 2.53 bits per heavy atom. The fourth-order valence-electron chi connectivity index (χ4n) is 3.22. The molecule has 180 valence electrons. The van der Waals surface area contributed by atoms with Gasteiger partial charge in [-0.2, -0.15) is 5.10 Å². The molecule has 1 aromatic heterocycles. The first-order chi connectivity index (χ1) is 17.5. The highest BCUT2D eigenvalue weighted by Crippen LogP contribution is 2.28. The molecule has 1 N–H and O–H groups in total. The first kappa shape index (κ1) is 25.0. The van der Waals surface area contributed by atoms with Crippen molar-refractivity contribution in [3.05, 3.63) is 105 Å². The number of thioether (sulfide) groups is 1. The number of hydrazone groups is 1. The SMILES string of the molecule is O=C(CSc1nnc(-c2ccccc2)n1-c1ccc(Br)cc1)N/N=C\C=C/c1ccccc1[N+](=O)[O-]. The van der Waals surface area contributed by atoms with Gasteiger partial charge >= 0.3 is 0 Å². The minimum Gasteiger partial charge on any atom is -0.272 e. The number of nitro benzene ring substituents is 1. The zero-order valence-electron chi connectivity index (χ0n) is 18.7. The number of aromatic nitrogens is 3. The number of rotatable bonds is 9. The molecule has 0 aliphatic rings. The van der Waals surface area contributed by atoms with Crippen molar-refractivity contribution in [1.29, 1.82) is 0 Å². The van der Waals surface area contributed by atoms with Crippen LogP contribution < -0.4 is 5.43 Å². The second-order valence-electron chi connectivity index (χ2n) is 7.26. The lowest BCUT2D eigenvalue weighted by molar-refractivity contribution is -0.385. The van der Waals surface area contributed by atoms with E-state index < -0.39 is 4.92 Å². The maximum absolute atomic E-state index is 12.3. The molecule has 11 heteroatoms. The number of halogens is 1. The smallest absolute Gasteiger partial charge is 0.272 e. The Bertz CT molecular complexity index is 1420. The molecule has 9 nitrogen and oxygen atoms in total. The molecule has 0 aliphatic heterocycles. The summed E-state index contributed by atoms with van der Waals surface area (Å²) < 4.78 is 2.85. The molecule has 3 aromatic carbocycles. The lowest BCUT2D eigenvalue weighted by Crippen LogP contribution is -2.19. The average Bonchev–Trinajstić information content (AvgIpc) is 3.32. The number of hydrogen-bond donors (Lipinski definition) is 1. The van der Waals surface area contributed by atoms with E-state index >= 15 is 0 Å². The van der Waals surface area contributed by atoms with Crippen molar-refractivity contribution in [3.63, 3.8) is 0 Å². The molecule has 0 atom stereocenters. The van der Waals surface area contributed by atoms with Crippen LogP contribution in [0.25, 0.3) is 23.2 Å². The zero-order chi connectivity index (χ0) is 25.3. The summed E-state index contributed by atoms with van der Waals surface area (Å²) in [6.45, 7) is 0. The number of carbonyl (C=O) groups is 1. The van der Waals surface area contributed by atoms with Crippen molar-refractivity contribution in [2.45, 2.75) is 5.16 Å². The number of para-hydroxylation sites is 1. The van der Waals surface area contributed by atoms with Gasteiger partial charge in [0.15, 0.2) is 11.0 Å². The van der Waals surface area contributed by atoms with Gasteiger partial charge in [-0.3, -0.25) is 19.5 Å². The number of nitrogens with one attached hydrogen (secondary N) is 1. The number of nitro groups is 1. The monoisotopic (exact) mass is 562 g/mol. The van der Waals surface area contributed by atoms with Crippen LogP contribution in [-0.2, 0) is 4.79 Å². The molecule has 0 radical (unpaired) electrons. The van der Waals surface area contributed by atoms with Crippen molar-refractivity contribution in [1.82, 2.24) is 20.2 Å². The fourth-order valence-corrected chi connectivity index (χ4v) is 4.23. The number of nitrogens with zero attached hydrogens (tertiary/aromatic N) is 5. The lowest BCUT2D eigenvalue weighted by Gasteiger charge is -2.10. The van der Waals surface area contributed by atoms with E-state index in [4.69, 9.17) is 0 Å². The van der Waals surface area contributed by atoms with Crippen LogP contribution in [0.4, 0.5) is 5.69 Å². The third-order valence-corrected chi connectivity index (χ3v) is 6.30. The van der Waals surface area contributed by atoms with Gasteiger partial charge in [-0.25, -0.2) is 5.43 Å². The number of allylic oxidation sites excluding steroid dienone is 1. The predicted molar refractivity (Wildman–Crippen MR) is 144 cm³/mol. The van der Waals surface area contributed by atoms with Crippen molar-refractivity contribution >= 4 is 51.6 Å². The first-order valence-corrected chi connectivity index (χ1v) is 12.4. The van der Waals surface area contributed by atoms with Gasteiger partial charge in [-0.05, 0) is 42.5 Å². The Labute approximate surface area is 219 Å². The van der Waals surface area contributed by atoms with Gasteiger partial charge in [0.2, 0.25) is 0 Å². The van der Waals surface area contributed by atoms with Crippen LogP contribution in [0.2, 0.25) is 0 Å². The molecular formula is C25H19BrN6O3S. The van der Waals surface area contributed by atoms with Crippen molar-refractivity contribution in [2.24, 2.45) is 5.10 Å². The van der Waals surface area contributed by atoms with Crippen LogP contribution >= 0.6 is 27.7 Å². The molecule has 0 unspecified atom stereocenters. The van der Waals surface area contributed by atoms with Crippen LogP contribution in [0.15, 0.2) is 99.7 Å². The number of benzene rings is 3. The summed E-state index contributed by atoms with van der Waals surface area (Å²) in [5, 5.41) is 24.2. The third-order valence-electron chi connectivity index (χ3n) is 4.84. The molecule has 0 fully saturated rings. The first-order valence-electron chi connectivity index (χ1n) is 10.6. The van der Waals surface area contributed by atoms with Crippen LogP contribution in [0, 0.1) is 10.1 Å². The van der Waals surface area contributed by atoms with E-state index in [-0.39, 0.29) is 17.3 Å². The number of hydrogen-bond acceptors (Lipinski definition) is 7. The average molecular weight is 563 g/mol. The molecule has 1 heterocycles. The lowest BCUT2D eigenvalue weighted by atomic mass is 10.2. The highest BCUT2D eigenvalue weighted by molar-refractivity contribution is 9.10. The van der Waals surface area contributed by atoms with E-state index in [0.717, 1.165) is 15.7 Å². The highest BCUT2D eigenvalue weighted by Gasteiger charge is 2.17. The Balaban J connectivity index is 1.42. The van der Waals surface area contributed by atoms with E-state index in [2.05, 4.69) is 36.7 Å². The van der Waals surface area contributed by atoms with Crippen LogP contribution in [-0.4, -0.2) is 37.6 Å². The molecule has 36 heavy (non-hydrogen) atoms. The second kappa shape index (κ2) is 12.0. The van der Waals surface area contributed by atoms with Gasteiger partial charge < -0.3 is 0 Å². The minimum atomic E-state index is -0.452. The van der Waals surface area contributed by atoms with E-state index in [1.165, 1.54) is 30.1 Å². The summed E-state index contributed by atoms with van der Waals surface area (Å²) in [4.78, 5) is 23.0. The molecule has 4 aromatic rings. The fraction of sp³-hybridized carbons (Fsp3) is 0.0400. The molecule has 0 saturated carbocycles. The Morgan fingerprint density at radius 2 is 1.78 bits per heavy atom. The zero-order valence-corrected chi connectivity index (χ0v) is 21.1. The van der Waals surface area contributed by atoms with Crippen molar-refractivity contribution < 1.29 is 9.72 Å². The molecule has 0 spiro atoms. The summed E-state index contributed by atoms with van der Waals surface area (Å²) in [5.74, 6) is 0.398. The van der Waals surface area contributed by atoms with Crippen LogP contribution in [0.3, 0.4) is 0 Å². The van der Waals surface area contributed by atoms with E-state index in [1.54, 1.807) is 24.3 Å². The second-order valence-corrected chi connectivity index (χ2v) is 9.12. The molecule has 0 bridgehead atoms. The maximum Gasteiger partial charge on any atom is 0.276 e. The summed E-state index contributed by atoms with van der Waals surface area (Å²) in [6.07, 6.45) is 4.43. The standard InChI is InChI=1S/C25H19BrN6O3S/c26-20-12-14-21(15-13-20)31-24(19-8-2-1-3-9-19)29-30-25(31)36-17-23(33)28-27-16-6-10-18-7-4-5-11-22(18)32(34)35/h1-16H,17H2,(H,28,33)/b10-6-,27-16-. The van der Waals surface area contributed by atoms with E-state index in [9.17, 15) is 14.9 Å². The molecular weight excluding hydrogens is 544 g/mol. The molecule has 0 aliphatic carbocycles. The summed E-state index contributed by atoms with van der Waals surface area (Å²) in [5.41, 5.74) is 4.64. The summed E-state index contributed by atoms with van der Waals surface area (Å²) in [7, 11) is 0. The largest absolute Gasteiger partial charge is 0.276 e. The van der Waals surface area contributed by atoms with Gasteiger partial charge in [0, 0.05) is 28.0 Å². The van der Waals surface area contributed by atoms with Gasteiger partial charge in [0.1, 0.15) is 0 Å². The minimum absolute atomic E-state index is 0.00709. The molecule has 4 rings (SSSR count). The third kappa shape index (κ3) is 6.32. The van der Waals surface area contributed by atoms with Gasteiger partial charge in [-0.15, -0.1) is 10.2 Å². The van der Waals surface area contributed by atoms with Gasteiger partial charge in [-0.1, -0.05) is 70.2 Å². The number of carbonyl (C=O) groups excluding carboxylic acids is 1. The Kier molecular flexibility index (Phi) is 8.37. The predicted octanol–water partition coefficient (Wildman–Crippen LogP) is 5.51. The Morgan fingerprint density at radius 1 is 1.06 bits per heavy atom. The quantitative estimate of drug-likeness (QED) is 0.124. The summed E-state index contributed by atoms with van der Waals surface area (Å²) in [6, 6.07) is 23.8. The maximum atomic E-state index is 12.3. The van der Waals surface area contributed by atoms with Crippen LogP contribution in [0.5, 0.6) is 0 Å². The topological polar surface area (TPSA) is 115 Å². The normalized spacial score (nSPS) is 11.2. The summed E-state index contributed by atoms with van der Waals surface area (Å²) >= 11 is 4.69. The molecule has 0 saturated heterocycles.